The summed E-state index contributed by atoms with van der Waals surface area (Å²) in [5, 5.41) is 3.02. The Morgan fingerprint density at radius 2 is 1.67 bits per heavy atom. The standard InChI is InChI=1S/C18H18ClNO4/c1-11(2)24-14-7-4-12(5-8-14)17(21)20-16-10-13(18(22)23-3)6-9-15(16)19/h4-11H,1-3H3,(H,20,21). The summed E-state index contributed by atoms with van der Waals surface area (Å²) < 4.78 is 10.2. The van der Waals surface area contributed by atoms with Crippen LogP contribution in [0.25, 0.3) is 0 Å². The molecule has 0 atom stereocenters. The lowest BCUT2D eigenvalue weighted by atomic mass is 10.1. The third-order valence-electron chi connectivity index (χ3n) is 3.12. The van der Waals surface area contributed by atoms with Crippen LogP contribution in [0.15, 0.2) is 42.5 Å². The van der Waals surface area contributed by atoms with E-state index in [1.54, 1.807) is 24.3 Å². The number of ether oxygens (including phenoxy) is 2. The van der Waals surface area contributed by atoms with Gasteiger partial charge < -0.3 is 14.8 Å². The topological polar surface area (TPSA) is 64.6 Å². The molecular weight excluding hydrogens is 330 g/mol. The molecule has 5 nitrogen and oxygen atoms in total. The smallest absolute Gasteiger partial charge is 0.337 e. The Balaban J connectivity index is 2.15. The van der Waals surface area contributed by atoms with Crippen molar-refractivity contribution >= 4 is 29.2 Å². The van der Waals surface area contributed by atoms with E-state index in [-0.39, 0.29) is 12.0 Å². The van der Waals surface area contributed by atoms with Gasteiger partial charge in [-0.05, 0) is 56.3 Å². The number of anilines is 1. The van der Waals surface area contributed by atoms with Gasteiger partial charge in [0.1, 0.15) is 5.75 Å². The zero-order valence-electron chi connectivity index (χ0n) is 13.6. The summed E-state index contributed by atoms with van der Waals surface area (Å²) in [4.78, 5) is 23.9. The van der Waals surface area contributed by atoms with Crippen molar-refractivity contribution in [3.63, 3.8) is 0 Å². The van der Waals surface area contributed by atoms with Gasteiger partial charge in [0.2, 0.25) is 0 Å². The predicted octanol–water partition coefficient (Wildman–Crippen LogP) is 4.17. The Bertz CT molecular complexity index is 741. The SMILES string of the molecule is COC(=O)c1ccc(Cl)c(NC(=O)c2ccc(OC(C)C)cc2)c1. The van der Waals surface area contributed by atoms with Crippen molar-refractivity contribution in [2.45, 2.75) is 20.0 Å². The fraction of sp³-hybridized carbons (Fsp3) is 0.222. The summed E-state index contributed by atoms with van der Waals surface area (Å²) in [5.74, 6) is -0.153. The van der Waals surface area contributed by atoms with E-state index in [1.165, 1.54) is 25.3 Å². The molecule has 24 heavy (non-hydrogen) atoms. The highest BCUT2D eigenvalue weighted by molar-refractivity contribution is 6.34. The molecule has 0 aliphatic heterocycles. The number of nitrogens with one attached hydrogen (secondary N) is 1. The number of methoxy groups -OCH3 is 1. The normalized spacial score (nSPS) is 10.4. The Kier molecular flexibility index (Phi) is 5.82. The second kappa shape index (κ2) is 7.84. The van der Waals surface area contributed by atoms with Crippen molar-refractivity contribution in [2.24, 2.45) is 0 Å². The maximum Gasteiger partial charge on any atom is 0.337 e. The molecule has 2 rings (SSSR count). The molecule has 0 aliphatic carbocycles. The maximum absolute atomic E-state index is 12.3. The minimum absolute atomic E-state index is 0.0598. The summed E-state index contributed by atoms with van der Waals surface area (Å²) >= 11 is 6.07. The number of amides is 1. The summed E-state index contributed by atoms with van der Waals surface area (Å²) in [6, 6.07) is 11.3. The number of carbonyl (C=O) groups excluding carboxylic acids is 2. The molecule has 0 fully saturated rings. The van der Waals surface area contributed by atoms with Crippen molar-refractivity contribution in [1.82, 2.24) is 0 Å². The molecule has 0 radical (unpaired) electrons. The molecule has 0 saturated heterocycles. The zero-order chi connectivity index (χ0) is 17.7. The predicted molar refractivity (Wildman–Crippen MR) is 93.0 cm³/mol. The molecule has 0 unspecified atom stereocenters. The van der Waals surface area contributed by atoms with Gasteiger partial charge in [0.25, 0.3) is 5.91 Å². The fourth-order valence-corrected chi connectivity index (χ4v) is 2.18. The van der Waals surface area contributed by atoms with E-state index in [4.69, 9.17) is 16.3 Å². The van der Waals surface area contributed by atoms with Crippen molar-refractivity contribution in [3.05, 3.63) is 58.6 Å². The second-order valence-corrected chi connectivity index (χ2v) is 5.74. The van der Waals surface area contributed by atoms with Gasteiger partial charge >= 0.3 is 5.97 Å². The lowest BCUT2D eigenvalue weighted by molar-refractivity contribution is 0.0600. The molecule has 0 bridgehead atoms. The third-order valence-corrected chi connectivity index (χ3v) is 3.45. The number of halogens is 1. The van der Waals surface area contributed by atoms with Crippen LogP contribution in [0.5, 0.6) is 5.75 Å². The fourth-order valence-electron chi connectivity index (χ4n) is 2.02. The summed E-state index contributed by atoms with van der Waals surface area (Å²) in [6.45, 7) is 3.85. The summed E-state index contributed by atoms with van der Waals surface area (Å²) in [6.07, 6.45) is 0.0598. The number of hydrogen-bond acceptors (Lipinski definition) is 4. The Morgan fingerprint density at radius 1 is 1.04 bits per heavy atom. The van der Waals surface area contributed by atoms with E-state index in [0.717, 1.165) is 0 Å². The van der Waals surface area contributed by atoms with E-state index < -0.39 is 5.97 Å². The number of hydrogen-bond donors (Lipinski definition) is 1. The van der Waals surface area contributed by atoms with E-state index in [9.17, 15) is 9.59 Å². The van der Waals surface area contributed by atoms with E-state index in [1.807, 2.05) is 13.8 Å². The first kappa shape index (κ1) is 17.8. The number of carbonyl (C=O) groups is 2. The largest absolute Gasteiger partial charge is 0.491 e. The van der Waals surface area contributed by atoms with Crippen LogP contribution >= 0.6 is 11.6 Å². The highest BCUT2D eigenvalue weighted by Gasteiger charge is 2.12. The van der Waals surface area contributed by atoms with Crippen molar-refractivity contribution in [1.29, 1.82) is 0 Å². The number of esters is 1. The first-order chi connectivity index (χ1) is 11.4. The van der Waals surface area contributed by atoms with Gasteiger partial charge in [-0.3, -0.25) is 4.79 Å². The minimum Gasteiger partial charge on any atom is -0.491 e. The molecule has 0 aromatic heterocycles. The number of rotatable bonds is 5. The molecule has 0 aliphatic rings. The maximum atomic E-state index is 12.3. The van der Waals surface area contributed by atoms with Gasteiger partial charge in [-0.15, -0.1) is 0 Å². The van der Waals surface area contributed by atoms with Crippen LogP contribution in [-0.2, 0) is 4.74 Å². The van der Waals surface area contributed by atoms with Gasteiger partial charge in [-0.2, -0.15) is 0 Å². The van der Waals surface area contributed by atoms with Crippen molar-refractivity contribution in [3.8, 4) is 5.75 Å². The highest BCUT2D eigenvalue weighted by Crippen LogP contribution is 2.24. The Hall–Kier alpha value is -2.53. The third kappa shape index (κ3) is 4.49. The second-order valence-electron chi connectivity index (χ2n) is 5.33. The van der Waals surface area contributed by atoms with Crippen LogP contribution in [0, 0.1) is 0 Å². The van der Waals surface area contributed by atoms with Crippen LogP contribution in [0.1, 0.15) is 34.6 Å². The van der Waals surface area contributed by atoms with E-state index in [2.05, 4.69) is 10.1 Å². The average molecular weight is 348 g/mol. The highest BCUT2D eigenvalue weighted by atomic mass is 35.5. The minimum atomic E-state index is -0.502. The molecule has 1 N–H and O–H groups in total. The zero-order valence-corrected chi connectivity index (χ0v) is 14.4. The summed E-state index contributed by atoms with van der Waals surface area (Å²) in [5.41, 5.74) is 1.09. The van der Waals surface area contributed by atoms with Crippen LogP contribution in [0.3, 0.4) is 0 Å². The molecule has 2 aromatic rings. The molecule has 6 heteroatoms. The molecule has 126 valence electrons. The number of benzene rings is 2. The monoisotopic (exact) mass is 347 g/mol. The first-order valence-corrected chi connectivity index (χ1v) is 7.74. The molecule has 0 spiro atoms. The molecule has 0 saturated carbocycles. The Labute approximate surface area is 145 Å². The van der Waals surface area contributed by atoms with E-state index in [0.29, 0.717) is 27.6 Å². The van der Waals surface area contributed by atoms with Crippen LogP contribution in [0.2, 0.25) is 5.02 Å². The van der Waals surface area contributed by atoms with Crippen molar-refractivity contribution in [2.75, 3.05) is 12.4 Å². The van der Waals surface area contributed by atoms with Crippen LogP contribution < -0.4 is 10.1 Å². The van der Waals surface area contributed by atoms with E-state index >= 15 is 0 Å². The average Bonchev–Trinajstić information content (AvgIpc) is 2.56. The van der Waals surface area contributed by atoms with Crippen LogP contribution in [-0.4, -0.2) is 25.1 Å². The van der Waals surface area contributed by atoms with Crippen molar-refractivity contribution < 1.29 is 19.1 Å². The molecule has 1 amide bonds. The molecule has 2 aromatic carbocycles. The van der Waals surface area contributed by atoms with Gasteiger partial charge in [0, 0.05) is 5.56 Å². The quantitative estimate of drug-likeness (QED) is 0.824. The molecule has 0 heterocycles. The summed E-state index contributed by atoms with van der Waals surface area (Å²) in [7, 11) is 1.29. The lowest BCUT2D eigenvalue weighted by Gasteiger charge is -2.11. The van der Waals surface area contributed by atoms with Gasteiger partial charge in [-0.1, -0.05) is 11.6 Å². The first-order valence-electron chi connectivity index (χ1n) is 7.36. The van der Waals surface area contributed by atoms with Crippen LogP contribution in [0.4, 0.5) is 5.69 Å². The van der Waals surface area contributed by atoms with Gasteiger partial charge in [-0.25, -0.2) is 4.79 Å². The molecular formula is C18H18ClNO4. The Morgan fingerprint density at radius 3 is 2.25 bits per heavy atom. The van der Waals surface area contributed by atoms with Gasteiger partial charge in [0.05, 0.1) is 29.5 Å². The lowest BCUT2D eigenvalue weighted by Crippen LogP contribution is -2.13. The van der Waals surface area contributed by atoms with Gasteiger partial charge in [0.15, 0.2) is 0 Å².